The molecule has 0 radical (unpaired) electrons. The zero-order valence-electron chi connectivity index (χ0n) is 10.9. The number of nitrogens with one attached hydrogen (secondary N) is 1. The number of β-amino-alcohol motifs (C(OH)–C–C–N with tert-alkyl or cyclic N) is 1. The van der Waals surface area contributed by atoms with Gasteiger partial charge in [0.15, 0.2) is 0 Å². The maximum absolute atomic E-state index is 9.78. The molecule has 2 nitrogen and oxygen atoms in total. The van der Waals surface area contributed by atoms with Gasteiger partial charge >= 0.3 is 0 Å². The Hall–Kier alpha value is -1.64. The molecule has 1 aliphatic rings. The Morgan fingerprint density at radius 2 is 1.42 bits per heavy atom. The fourth-order valence-corrected chi connectivity index (χ4v) is 2.98. The first-order chi connectivity index (χ1) is 9.34. The topological polar surface area (TPSA) is 32.3 Å². The molecule has 0 aromatic heterocycles. The van der Waals surface area contributed by atoms with Crippen LogP contribution in [0.2, 0.25) is 0 Å². The molecule has 0 bridgehead atoms. The van der Waals surface area contributed by atoms with Crippen LogP contribution >= 0.6 is 0 Å². The highest BCUT2D eigenvalue weighted by molar-refractivity contribution is 5.34. The summed E-state index contributed by atoms with van der Waals surface area (Å²) in [7, 11) is 0. The molecule has 1 aliphatic heterocycles. The number of hydrogen-bond donors (Lipinski definition) is 2. The van der Waals surface area contributed by atoms with E-state index in [-0.39, 0.29) is 6.10 Å². The van der Waals surface area contributed by atoms with E-state index in [1.54, 1.807) is 0 Å². The summed E-state index contributed by atoms with van der Waals surface area (Å²) >= 11 is 0. The molecular formula is C17H19NO. The molecule has 2 aromatic rings. The molecule has 1 saturated heterocycles. The van der Waals surface area contributed by atoms with Gasteiger partial charge in [-0.15, -0.1) is 0 Å². The van der Waals surface area contributed by atoms with Crippen molar-refractivity contribution in [3.8, 4) is 0 Å². The predicted octanol–water partition coefficient (Wildman–Crippen LogP) is 2.54. The van der Waals surface area contributed by atoms with Crippen LogP contribution in [0.3, 0.4) is 0 Å². The predicted molar refractivity (Wildman–Crippen MR) is 77.1 cm³/mol. The molecule has 1 fully saturated rings. The molecule has 98 valence electrons. The Morgan fingerprint density at radius 3 is 1.84 bits per heavy atom. The highest BCUT2D eigenvalue weighted by Crippen LogP contribution is 2.31. The summed E-state index contributed by atoms with van der Waals surface area (Å²) < 4.78 is 0. The van der Waals surface area contributed by atoms with Crippen LogP contribution in [0.15, 0.2) is 60.7 Å². The smallest absolute Gasteiger partial charge is 0.0679 e. The largest absolute Gasteiger partial charge is 0.392 e. The van der Waals surface area contributed by atoms with Crippen LogP contribution in [0.1, 0.15) is 23.5 Å². The summed E-state index contributed by atoms with van der Waals surface area (Å²) in [6.07, 6.45) is 0.592. The second kappa shape index (κ2) is 5.55. The van der Waals surface area contributed by atoms with Crippen LogP contribution in [0, 0.1) is 0 Å². The molecule has 2 N–H and O–H groups in total. The second-order valence-corrected chi connectivity index (χ2v) is 5.20. The minimum atomic E-state index is -0.222. The normalized spacial score (nSPS) is 22.8. The van der Waals surface area contributed by atoms with Crippen molar-refractivity contribution in [3.63, 3.8) is 0 Å². The molecule has 2 aromatic carbocycles. The maximum atomic E-state index is 9.78. The first-order valence-electron chi connectivity index (χ1n) is 6.86. The van der Waals surface area contributed by atoms with Crippen molar-refractivity contribution in [1.29, 1.82) is 0 Å². The number of benzene rings is 2. The Labute approximate surface area is 114 Å². The molecule has 2 heteroatoms. The summed E-state index contributed by atoms with van der Waals surface area (Å²) in [6, 6.07) is 21.4. The molecule has 0 saturated carbocycles. The van der Waals surface area contributed by atoms with Crippen molar-refractivity contribution in [3.05, 3.63) is 71.8 Å². The second-order valence-electron chi connectivity index (χ2n) is 5.20. The van der Waals surface area contributed by atoms with Crippen LogP contribution in [0.4, 0.5) is 0 Å². The number of aliphatic hydroxyl groups excluding tert-OH is 1. The molecular weight excluding hydrogens is 234 g/mol. The van der Waals surface area contributed by atoms with Gasteiger partial charge in [-0.25, -0.2) is 0 Å². The van der Waals surface area contributed by atoms with E-state index in [0.717, 1.165) is 6.42 Å². The van der Waals surface area contributed by atoms with E-state index in [9.17, 15) is 5.11 Å². The van der Waals surface area contributed by atoms with E-state index < -0.39 is 0 Å². The van der Waals surface area contributed by atoms with Crippen LogP contribution < -0.4 is 5.32 Å². The zero-order valence-corrected chi connectivity index (χ0v) is 10.9. The van der Waals surface area contributed by atoms with Crippen molar-refractivity contribution >= 4 is 0 Å². The first kappa shape index (κ1) is 12.4. The van der Waals surface area contributed by atoms with Gasteiger partial charge in [-0.3, -0.25) is 0 Å². The molecule has 0 aliphatic carbocycles. The molecule has 19 heavy (non-hydrogen) atoms. The third-order valence-corrected chi connectivity index (χ3v) is 3.86. The van der Waals surface area contributed by atoms with Gasteiger partial charge in [-0.05, 0) is 17.5 Å². The first-order valence-corrected chi connectivity index (χ1v) is 6.86. The Kier molecular flexibility index (Phi) is 3.62. The standard InChI is InChI=1S/C17H19NO/c19-15-11-16(18-12-15)17(13-7-3-1-4-8-13)14-9-5-2-6-10-14/h1-10,15-19H,11-12H2/t15-,16?/m1/s1. The van der Waals surface area contributed by atoms with Gasteiger partial charge in [-0.2, -0.15) is 0 Å². The molecule has 0 amide bonds. The number of hydrogen-bond acceptors (Lipinski definition) is 2. The lowest BCUT2D eigenvalue weighted by molar-refractivity contribution is 0.192. The Balaban J connectivity index is 1.97. The third-order valence-electron chi connectivity index (χ3n) is 3.86. The van der Waals surface area contributed by atoms with Crippen LogP contribution in [0.5, 0.6) is 0 Å². The minimum absolute atomic E-state index is 0.222. The van der Waals surface area contributed by atoms with Crippen molar-refractivity contribution in [2.24, 2.45) is 0 Å². The van der Waals surface area contributed by atoms with Crippen LogP contribution in [-0.4, -0.2) is 23.8 Å². The molecule has 1 heterocycles. The average molecular weight is 253 g/mol. The van der Waals surface area contributed by atoms with Gasteiger partial charge in [0.25, 0.3) is 0 Å². The monoisotopic (exact) mass is 253 g/mol. The van der Waals surface area contributed by atoms with Gasteiger partial charge in [0.1, 0.15) is 0 Å². The lowest BCUT2D eigenvalue weighted by Crippen LogP contribution is -2.29. The van der Waals surface area contributed by atoms with Gasteiger partial charge in [0, 0.05) is 18.5 Å². The van der Waals surface area contributed by atoms with E-state index >= 15 is 0 Å². The zero-order chi connectivity index (χ0) is 13.1. The van der Waals surface area contributed by atoms with E-state index in [1.165, 1.54) is 11.1 Å². The van der Waals surface area contributed by atoms with E-state index in [0.29, 0.717) is 18.5 Å². The van der Waals surface area contributed by atoms with Gasteiger partial charge < -0.3 is 10.4 Å². The van der Waals surface area contributed by atoms with Gasteiger partial charge in [0.2, 0.25) is 0 Å². The summed E-state index contributed by atoms with van der Waals surface area (Å²) in [5.41, 5.74) is 2.61. The summed E-state index contributed by atoms with van der Waals surface area (Å²) in [5.74, 6) is 0.305. The maximum Gasteiger partial charge on any atom is 0.0679 e. The lowest BCUT2D eigenvalue weighted by Gasteiger charge is -2.24. The van der Waals surface area contributed by atoms with Crippen molar-refractivity contribution in [2.45, 2.75) is 24.5 Å². The molecule has 1 unspecified atom stereocenters. The van der Waals surface area contributed by atoms with Gasteiger partial charge in [0.05, 0.1) is 6.10 Å². The van der Waals surface area contributed by atoms with E-state index in [1.807, 2.05) is 12.1 Å². The minimum Gasteiger partial charge on any atom is -0.392 e. The highest BCUT2D eigenvalue weighted by atomic mass is 16.3. The van der Waals surface area contributed by atoms with Crippen molar-refractivity contribution in [2.75, 3.05) is 6.54 Å². The summed E-state index contributed by atoms with van der Waals surface area (Å²) in [5, 5.41) is 13.2. The van der Waals surface area contributed by atoms with Crippen LogP contribution in [-0.2, 0) is 0 Å². The summed E-state index contributed by atoms with van der Waals surface area (Å²) in [4.78, 5) is 0. The highest BCUT2D eigenvalue weighted by Gasteiger charge is 2.31. The Morgan fingerprint density at radius 1 is 0.895 bits per heavy atom. The third kappa shape index (κ3) is 2.70. The fourth-order valence-electron chi connectivity index (χ4n) is 2.98. The van der Waals surface area contributed by atoms with E-state index in [4.69, 9.17) is 0 Å². The van der Waals surface area contributed by atoms with Crippen LogP contribution in [0.25, 0.3) is 0 Å². The number of rotatable bonds is 3. The lowest BCUT2D eigenvalue weighted by atomic mass is 9.84. The van der Waals surface area contributed by atoms with Crippen molar-refractivity contribution < 1.29 is 5.11 Å². The molecule has 2 atom stereocenters. The van der Waals surface area contributed by atoms with Crippen molar-refractivity contribution in [1.82, 2.24) is 5.32 Å². The number of aliphatic hydroxyl groups is 1. The van der Waals surface area contributed by atoms with Gasteiger partial charge in [-0.1, -0.05) is 60.7 Å². The fraction of sp³-hybridized carbons (Fsp3) is 0.294. The SMILES string of the molecule is O[C@H]1CNC(C(c2ccccc2)c2ccccc2)C1. The average Bonchev–Trinajstić information content (AvgIpc) is 2.88. The Bertz CT molecular complexity index is 472. The molecule has 0 spiro atoms. The summed E-state index contributed by atoms with van der Waals surface area (Å²) in [6.45, 7) is 0.695. The van der Waals surface area contributed by atoms with E-state index in [2.05, 4.69) is 53.8 Å². The quantitative estimate of drug-likeness (QED) is 0.881. The molecule has 3 rings (SSSR count).